The van der Waals surface area contributed by atoms with Crippen molar-refractivity contribution in [1.29, 1.82) is 0 Å². The van der Waals surface area contributed by atoms with E-state index in [2.05, 4.69) is 10.2 Å². The molecule has 3 atom stereocenters. The van der Waals surface area contributed by atoms with E-state index in [4.69, 9.17) is 27.9 Å². The van der Waals surface area contributed by atoms with E-state index in [-0.39, 0.29) is 24.2 Å². The number of ether oxygens (including phenoxy) is 1. The van der Waals surface area contributed by atoms with E-state index < -0.39 is 0 Å². The maximum Gasteiger partial charge on any atom is 0.241 e. The van der Waals surface area contributed by atoms with Crippen LogP contribution in [0.1, 0.15) is 20.8 Å². The van der Waals surface area contributed by atoms with Gasteiger partial charge in [-0.05, 0) is 39.0 Å². The first-order valence-electron chi connectivity index (χ1n) is 7.02. The van der Waals surface area contributed by atoms with Gasteiger partial charge in [0.1, 0.15) is 0 Å². The van der Waals surface area contributed by atoms with Gasteiger partial charge in [0.05, 0.1) is 29.0 Å². The molecule has 1 aliphatic rings. The Bertz CT molecular complexity index is 514. The van der Waals surface area contributed by atoms with E-state index >= 15 is 0 Å². The van der Waals surface area contributed by atoms with E-state index in [0.717, 1.165) is 13.1 Å². The molecule has 0 aliphatic carbocycles. The van der Waals surface area contributed by atoms with Gasteiger partial charge in [0, 0.05) is 18.1 Å². The fourth-order valence-corrected chi connectivity index (χ4v) is 2.98. The standard InChI is InChI=1S/C15H20Cl2N2O2/c1-9-7-19(8-10(2)21-9)11(3)15(20)18-14-5-4-12(16)6-13(14)17/h4-6,9-11H,7-8H2,1-3H3,(H,18,20)/t9-,10+,11-/m0/s1. The number of rotatable bonds is 3. The number of nitrogens with zero attached hydrogens (tertiary/aromatic N) is 1. The van der Waals surface area contributed by atoms with Crippen LogP contribution in [0.3, 0.4) is 0 Å². The van der Waals surface area contributed by atoms with Crippen LogP contribution in [-0.4, -0.2) is 42.1 Å². The van der Waals surface area contributed by atoms with Crippen LogP contribution >= 0.6 is 23.2 Å². The van der Waals surface area contributed by atoms with Crippen molar-refractivity contribution in [3.8, 4) is 0 Å². The summed E-state index contributed by atoms with van der Waals surface area (Å²) in [4.78, 5) is 14.5. The van der Waals surface area contributed by atoms with Crippen LogP contribution in [0.15, 0.2) is 18.2 Å². The number of nitrogens with one attached hydrogen (secondary N) is 1. The maximum atomic E-state index is 12.4. The highest BCUT2D eigenvalue weighted by Gasteiger charge is 2.29. The Morgan fingerprint density at radius 1 is 1.33 bits per heavy atom. The van der Waals surface area contributed by atoms with Crippen molar-refractivity contribution in [3.05, 3.63) is 28.2 Å². The number of anilines is 1. The molecule has 0 aromatic heterocycles. The number of benzene rings is 1. The SMILES string of the molecule is C[C@@H]1CN([C@@H](C)C(=O)Nc2ccc(Cl)cc2Cl)C[C@H](C)O1. The molecular weight excluding hydrogens is 311 g/mol. The van der Waals surface area contributed by atoms with Gasteiger partial charge in [-0.15, -0.1) is 0 Å². The smallest absolute Gasteiger partial charge is 0.241 e. The maximum absolute atomic E-state index is 12.4. The lowest BCUT2D eigenvalue weighted by Gasteiger charge is -2.38. The molecule has 1 heterocycles. The third kappa shape index (κ3) is 4.33. The zero-order valence-electron chi connectivity index (χ0n) is 12.4. The average Bonchev–Trinajstić information content (AvgIpc) is 2.40. The highest BCUT2D eigenvalue weighted by atomic mass is 35.5. The molecule has 0 bridgehead atoms. The minimum absolute atomic E-state index is 0.0828. The summed E-state index contributed by atoms with van der Waals surface area (Å²) in [6.07, 6.45) is 0.256. The first kappa shape index (κ1) is 16.6. The first-order chi connectivity index (χ1) is 9.86. The molecule has 0 spiro atoms. The molecule has 1 N–H and O–H groups in total. The predicted molar refractivity (Wildman–Crippen MR) is 86.1 cm³/mol. The zero-order valence-corrected chi connectivity index (χ0v) is 13.9. The predicted octanol–water partition coefficient (Wildman–Crippen LogP) is 3.43. The van der Waals surface area contributed by atoms with Crippen LogP contribution in [0.4, 0.5) is 5.69 Å². The van der Waals surface area contributed by atoms with Crippen LogP contribution in [0.5, 0.6) is 0 Å². The summed E-state index contributed by atoms with van der Waals surface area (Å²) in [7, 11) is 0. The van der Waals surface area contributed by atoms with Gasteiger partial charge < -0.3 is 10.1 Å². The molecule has 6 heteroatoms. The highest BCUT2D eigenvalue weighted by Crippen LogP contribution is 2.26. The second kappa shape index (κ2) is 6.97. The third-order valence-electron chi connectivity index (χ3n) is 3.56. The van der Waals surface area contributed by atoms with Crippen molar-refractivity contribution in [2.75, 3.05) is 18.4 Å². The molecule has 2 rings (SSSR count). The van der Waals surface area contributed by atoms with Gasteiger partial charge in [-0.1, -0.05) is 23.2 Å². The Morgan fingerprint density at radius 3 is 2.52 bits per heavy atom. The first-order valence-corrected chi connectivity index (χ1v) is 7.78. The van der Waals surface area contributed by atoms with Crippen molar-refractivity contribution in [2.24, 2.45) is 0 Å². The number of hydrogen-bond acceptors (Lipinski definition) is 3. The molecule has 1 aromatic rings. The molecule has 1 aliphatic heterocycles. The van der Waals surface area contributed by atoms with Crippen LogP contribution in [0, 0.1) is 0 Å². The van der Waals surface area contributed by atoms with Crippen molar-refractivity contribution in [2.45, 2.75) is 39.0 Å². The topological polar surface area (TPSA) is 41.6 Å². The Hall–Kier alpha value is -0.810. The number of carbonyl (C=O) groups excluding carboxylic acids is 1. The number of hydrogen-bond donors (Lipinski definition) is 1. The zero-order chi connectivity index (χ0) is 15.6. The summed E-state index contributed by atoms with van der Waals surface area (Å²) in [5, 5.41) is 3.83. The van der Waals surface area contributed by atoms with Gasteiger partial charge in [-0.3, -0.25) is 9.69 Å². The van der Waals surface area contributed by atoms with E-state index in [9.17, 15) is 4.79 Å². The minimum atomic E-state index is -0.245. The fraction of sp³-hybridized carbons (Fsp3) is 0.533. The molecule has 0 saturated carbocycles. The van der Waals surface area contributed by atoms with Gasteiger partial charge in [0.15, 0.2) is 0 Å². The van der Waals surface area contributed by atoms with E-state index in [0.29, 0.717) is 15.7 Å². The Kier molecular flexibility index (Phi) is 5.49. The molecule has 1 aromatic carbocycles. The Morgan fingerprint density at radius 2 is 1.95 bits per heavy atom. The van der Waals surface area contributed by atoms with Gasteiger partial charge in [0.2, 0.25) is 5.91 Å². The third-order valence-corrected chi connectivity index (χ3v) is 4.11. The number of halogens is 2. The van der Waals surface area contributed by atoms with Gasteiger partial charge in [0.25, 0.3) is 0 Å². The normalized spacial score (nSPS) is 24.6. The number of carbonyl (C=O) groups is 1. The van der Waals surface area contributed by atoms with Crippen LogP contribution < -0.4 is 5.32 Å². The molecule has 1 saturated heterocycles. The lowest BCUT2D eigenvalue weighted by atomic mass is 10.1. The summed E-state index contributed by atoms with van der Waals surface area (Å²) in [5.41, 5.74) is 0.576. The summed E-state index contributed by atoms with van der Waals surface area (Å²) in [6.45, 7) is 7.41. The van der Waals surface area contributed by atoms with Crippen LogP contribution in [0.25, 0.3) is 0 Å². The Labute approximate surface area is 135 Å². The lowest BCUT2D eigenvalue weighted by Crippen LogP contribution is -2.52. The molecule has 1 amide bonds. The second-order valence-electron chi connectivity index (χ2n) is 5.50. The van der Waals surface area contributed by atoms with Gasteiger partial charge in [-0.25, -0.2) is 0 Å². The summed E-state index contributed by atoms with van der Waals surface area (Å²) >= 11 is 11.9. The van der Waals surface area contributed by atoms with E-state index in [1.165, 1.54) is 0 Å². The largest absolute Gasteiger partial charge is 0.373 e. The molecule has 4 nitrogen and oxygen atoms in total. The quantitative estimate of drug-likeness (QED) is 0.923. The lowest BCUT2D eigenvalue weighted by molar-refractivity contribution is -0.126. The second-order valence-corrected chi connectivity index (χ2v) is 6.34. The highest BCUT2D eigenvalue weighted by molar-refractivity contribution is 6.36. The van der Waals surface area contributed by atoms with Crippen molar-refractivity contribution in [1.82, 2.24) is 4.90 Å². The summed E-state index contributed by atoms with van der Waals surface area (Å²) < 4.78 is 5.69. The number of amides is 1. The van der Waals surface area contributed by atoms with Crippen LogP contribution in [-0.2, 0) is 9.53 Å². The van der Waals surface area contributed by atoms with Crippen LogP contribution in [0.2, 0.25) is 10.0 Å². The van der Waals surface area contributed by atoms with Crippen molar-refractivity contribution in [3.63, 3.8) is 0 Å². The van der Waals surface area contributed by atoms with Crippen molar-refractivity contribution < 1.29 is 9.53 Å². The van der Waals surface area contributed by atoms with Gasteiger partial charge in [-0.2, -0.15) is 0 Å². The van der Waals surface area contributed by atoms with Gasteiger partial charge >= 0.3 is 0 Å². The van der Waals surface area contributed by atoms with Crippen molar-refractivity contribution >= 4 is 34.8 Å². The fourth-order valence-electron chi connectivity index (χ4n) is 2.53. The molecule has 0 unspecified atom stereocenters. The minimum Gasteiger partial charge on any atom is -0.373 e. The summed E-state index contributed by atoms with van der Waals surface area (Å²) in [6, 6.07) is 4.78. The molecule has 21 heavy (non-hydrogen) atoms. The molecule has 116 valence electrons. The average molecular weight is 331 g/mol. The Balaban J connectivity index is 2.02. The molecule has 1 fully saturated rings. The monoisotopic (exact) mass is 330 g/mol. The van der Waals surface area contributed by atoms with E-state index in [1.54, 1.807) is 18.2 Å². The number of morpholine rings is 1. The molecular formula is C15H20Cl2N2O2. The van der Waals surface area contributed by atoms with E-state index in [1.807, 2.05) is 20.8 Å². The molecule has 0 radical (unpaired) electrons. The summed E-state index contributed by atoms with van der Waals surface area (Å²) in [5.74, 6) is -0.0828.